The molecule has 1 aliphatic rings. The first-order valence-electron chi connectivity index (χ1n) is 16.0. The van der Waals surface area contributed by atoms with Crippen molar-refractivity contribution in [3.63, 3.8) is 0 Å². The predicted octanol–water partition coefficient (Wildman–Crippen LogP) is 3.50. The SMILES string of the molecule is CCCCCCCCCCCCCOC(=O)[C@H]1CCC(NC(=O)[C@H](OC)[C@H](O)[C@@H](O)[C@H](O)/C=C/C(C)C)C(=O)N(C)C1. The van der Waals surface area contributed by atoms with Crippen molar-refractivity contribution in [2.24, 2.45) is 11.8 Å². The summed E-state index contributed by atoms with van der Waals surface area (Å²) < 4.78 is 10.6. The molecule has 0 radical (unpaired) electrons. The molecule has 0 saturated carbocycles. The molecule has 1 unspecified atom stereocenters. The Morgan fingerprint density at radius 1 is 0.929 bits per heavy atom. The summed E-state index contributed by atoms with van der Waals surface area (Å²) in [4.78, 5) is 40.0. The maximum atomic E-state index is 13.0. The molecule has 0 aromatic heterocycles. The van der Waals surface area contributed by atoms with Gasteiger partial charge in [0, 0.05) is 20.7 Å². The zero-order valence-corrected chi connectivity index (χ0v) is 26.6. The summed E-state index contributed by atoms with van der Waals surface area (Å²) in [5.41, 5.74) is 0. The van der Waals surface area contributed by atoms with Gasteiger partial charge in [-0.25, -0.2) is 0 Å². The molecule has 10 heteroatoms. The predicted molar refractivity (Wildman–Crippen MR) is 163 cm³/mol. The molecule has 42 heavy (non-hydrogen) atoms. The van der Waals surface area contributed by atoms with Crippen LogP contribution in [0.2, 0.25) is 0 Å². The van der Waals surface area contributed by atoms with Crippen LogP contribution in [0.5, 0.6) is 0 Å². The van der Waals surface area contributed by atoms with Crippen LogP contribution in [0.1, 0.15) is 104 Å². The van der Waals surface area contributed by atoms with Gasteiger partial charge < -0.3 is 35.0 Å². The van der Waals surface area contributed by atoms with Gasteiger partial charge in [0.1, 0.15) is 24.4 Å². The lowest BCUT2D eigenvalue weighted by Crippen LogP contribution is -2.55. The number of aliphatic hydroxyl groups is 3. The molecular formula is C32H58N2O8. The van der Waals surface area contributed by atoms with Crippen LogP contribution in [0.4, 0.5) is 0 Å². The molecule has 4 N–H and O–H groups in total. The van der Waals surface area contributed by atoms with E-state index in [0.29, 0.717) is 13.0 Å². The van der Waals surface area contributed by atoms with Crippen LogP contribution < -0.4 is 5.32 Å². The third-order valence-corrected chi connectivity index (χ3v) is 7.83. The number of amides is 2. The first-order chi connectivity index (χ1) is 20.0. The van der Waals surface area contributed by atoms with Crippen molar-refractivity contribution < 1.29 is 39.2 Å². The number of likely N-dealkylation sites (tertiary alicyclic amines) is 1. The molecule has 0 aliphatic carbocycles. The summed E-state index contributed by atoms with van der Waals surface area (Å²) in [6.07, 6.45) is 10.6. The van der Waals surface area contributed by atoms with E-state index in [9.17, 15) is 29.7 Å². The van der Waals surface area contributed by atoms with Gasteiger partial charge in [0.2, 0.25) is 5.91 Å². The highest BCUT2D eigenvalue weighted by atomic mass is 16.5. The van der Waals surface area contributed by atoms with E-state index in [4.69, 9.17) is 9.47 Å². The van der Waals surface area contributed by atoms with E-state index in [-0.39, 0.29) is 30.8 Å². The largest absolute Gasteiger partial charge is 0.465 e. The van der Waals surface area contributed by atoms with Crippen LogP contribution in [-0.2, 0) is 23.9 Å². The molecule has 1 aliphatic heterocycles. The molecule has 0 aromatic carbocycles. The summed E-state index contributed by atoms with van der Waals surface area (Å²) >= 11 is 0. The number of hydrogen-bond acceptors (Lipinski definition) is 8. The lowest BCUT2D eigenvalue weighted by Gasteiger charge is -2.28. The summed E-state index contributed by atoms with van der Waals surface area (Å²) in [6.45, 7) is 6.56. The van der Waals surface area contributed by atoms with E-state index in [0.717, 1.165) is 19.3 Å². The Labute approximate surface area is 253 Å². The van der Waals surface area contributed by atoms with Gasteiger partial charge in [0.05, 0.1) is 12.5 Å². The van der Waals surface area contributed by atoms with Crippen molar-refractivity contribution in [2.45, 2.75) is 135 Å². The number of nitrogens with one attached hydrogen (secondary N) is 1. The number of carbonyl (C=O) groups is 3. The van der Waals surface area contributed by atoms with E-state index >= 15 is 0 Å². The number of unbranched alkanes of at least 4 members (excludes halogenated alkanes) is 10. The summed E-state index contributed by atoms with van der Waals surface area (Å²) in [5.74, 6) is -1.89. The van der Waals surface area contributed by atoms with E-state index in [2.05, 4.69) is 12.2 Å². The molecule has 0 spiro atoms. The maximum absolute atomic E-state index is 13.0. The fraction of sp³-hybridized carbons (Fsp3) is 0.844. The number of hydrogen-bond donors (Lipinski definition) is 4. The van der Waals surface area contributed by atoms with Crippen LogP contribution in [0.3, 0.4) is 0 Å². The molecule has 1 rings (SSSR count). The summed E-state index contributed by atoms with van der Waals surface area (Å²) in [7, 11) is 2.76. The molecule has 1 heterocycles. The Hall–Kier alpha value is -2.01. The zero-order chi connectivity index (χ0) is 31.5. The molecule has 1 saturated heterocycles. The van der Waals surface area contributed by atoms with Gasteiger partial charge in [-0.3, -0.25) is 14.4 Å². The van der Waals surface area contributed by atoms with Crippen molar-refractivity contribution in [1.82, 2.24) is 10.2 Å². The third-order valence-electron chi connectivity index (χ3n) is 7.83. The lowest BCUT2D eigenvalue weighted by molar-refractivity contribution is -0.152. The van der Waals surface area contributed by atoms with Crippen molar-refractivity contribution >= 4 is 17.8 Å². The van der Waals surface area contributed by atoms with E-state index in [1.165, 1.54) is 69.5 Å². The van der Waals surface area contributed by atoms with Gasteiger partial charge >= 0.3 is 5.97 Å². The smallest absolute Gasteiger partial charge is 0.310 e. The number of methoxy groups -OCH3 is 1. The van der Waals surface area contributed by atoms with Crippen LogP contribution in [0.25, 0.3) is 0 Å². The number of carbonyl (C=O) groups excluding carboxylic acids is 3. The van der Waals surface area contributed by atoms with E-state index in [1.54, 1.807) is 13.1 Å². The number of nitrogens with zero attached hydrogens (tertiary/aromatic N) is 1. The van der Waals surface area contributed by atoms with Gasteiger partial charge in [-0.15, -0.1) is 0 Å². The highest BCUT2D eigenvalue weighted by Crippen LogP contribution is 2.20. The quantitative estimate of drug-likeness (QED) is 0.0892. The number of rotatable bonds is 21. The highest BCUT2D eigenvalue weighted by molar-refractivity contribution is 5.90. The Bertz CT molecular complexity index is 805. The van der Waals surface area contributed by atoms with Crippen LogP contribution >= 0.6 is 0 Å². The second kappa shape index (κ2) is 21.6. The number of ether oxygens (including phenoxy) is 2. The first-order valence-corrected chi connectivity index (χ1v) is 16.0. The average molecular weight is 599 g/mol. The zero-order valence-electron chi connectivity index (χ0n) is 26.6. The second-order valence-corrected chi connectivity index (χ2v) is 12.0. The number of esters is 1. The average Bonchev–Trinajstić information content (AvgIpc) is 3.10. The number of likely N-dealkylation sites (N-methyl/N-ethyl adjacent to an activating group) is 1. The molecule has 10 nitrogen and oxygen atoms in total. The van der Waals surface area contributed by atoms with Crippen molar-refractivity contribution in [1.29, 1.82) is 0 Å². The normalized spacial score (nSPS) is 20.8. The standard InChI is InChI=1S/C32H58N2O8/c1-6-7-8-9-10-11-12-13-14-15-16-21-42-32(40)24-18-19-25(31(39)34(4)22-24)33-30(38)29(41-5)28(37)27(36)26(35)20-17-23(2)3/h17,20,23-29,35-37H,6-16,18-19,21-22H2,1-5H3,(H,33,38)/b20-17+/t24-,25?,26+,27-,28+,29+/m0/s1. The number of allylic oxidation sites excluding steroid dienone is 1. The molecule has 6 atom stereocenters. The molecule has 1 fully saturated rings. The van der Waals surface area contributed by atoms with Crippen molar-refractivity contribution in [3.8, 4) is 0 Å². The molecule has 0 bridgehead atoms. The van der Waals surface area contributed by atoms with Crippen LogP contribution in [0, 0.1) is 11.8 Å². The molecular weight excluding hydrogens is 540 g/mol. The Kier molecular flexibility index (Phi) is 19.6. The lowest BCUT2D eigenvalue weighted by atomic mass is 9.99. The Morgan fingerprint density at radius 3 is 2.05 bits per heavy atom. The number of aliphatic hydroxyl groups excluding tert-OH is 3. The van der Waals surface area contributed by atoms with E-state index in [1.807, 2.05) is 13.8 Å². The van der Waals surface area contributed by atoms with Crippen molar-refractivity contribution in [2.75, 3.05) is 27.3 Å². The maximum Gasteiger partial charge on any atom is 0.310 e. The molecule has 0 aromatic rings. The second-order valence-electron chi connectivity index (χ2n) is 12.0. The third kappa shape index (κ3) is 14.4. The fourth-order valence-corrected chi connectivity index (χ4v) is 5.14. The Morgan fingerprint density at radius 2 is 1.50 bits per heavy atom. The van der Waals surface area contributed by atoms with Crippen LogP contribution in [-0.4, -0.2) is 95.8 Å². The van der Waals surface area contributed by atoms with Crippen molar-refractivity contribution in [3.05, 3.63) is 12.2 Å². The fourth-order valence-electron chi connectivity index (χ4n) is 5.14. The topological polar surface area (TPSA) is 146 Å². The highest BCUT2D eigenvalue weighted by Gasteiger charge is 2.39. The van der Waals surface area contributed by atoms with Gasteiger partial charge in [0.25, 0.3) is 5.91 Å². The van der Waals surface area contributed by atoms with Gasteiger partial charge in [0.15, 0.2) is 6.10 Å². The monoisotopic (exact) mass is 598 g/mol. The van der Waals surface area contributed by atoms with Gasteiger partial charge in [-0.2, -0.15) is 0 Å². The molecule has 244 valence electrons. The minimum absolute atomic E-state index is 0.120. The Balaban J connectivity index is 2.48. The van der Waals surface area contributed by atoms with Gasteiger partial charge in [-0.1, -0.05) is 97.1 Å². The minimum Gasteiger partial charge on any atom is -0.465 e. The van der Waals surface area contributed by atoms with Gasteiger partial charge in [-0.05, 0) is 25.2 Å². The first kappa shape index (κ1) is 38.0. The van der Waals surface area contributed by atoms with E-state index < -0.39 is 42.3 Å². The summed E-state index contributed by atoms with van der Waals surface area (Å²) in [5, 5.41) is 33.6. The van der Waals surface area contributed by atoms with Crippen LogP contribution in [0.15, 0.2) is 12.2 Å². The minimum atomic E-state index is -1.74. The molecule has 2 amide bonds. The summed E-state index contributed by atoms with van der Waals surface area (Å²) in [6, 6.07) is -0.931.